The minimum atomic E-state index is 0.678. The first kappa shape index (κ1) is 19.3. The molecule has 1 aromatic rings. The summed E-state index contributed by atoms with van der Waals surface area (Å²) in [7, 11) is 0. The van der Waals surface area contributed by atoms with Crippen molar-refractivity contribution < 1.29 is 0 Å². The van der Waals surface area contributed by atoms with Gasteiger partial charge in [-0.15, -0.1) is 0 Å². The van der Waals surface area contributed by atoms with Gasteiger partial charge in [0.05, 0.1) is 0 Å². The molecule has 0 saturated heterocycles. The molecule has 3 unspecified atom stereocenters. The van der Waals surface area contributed by atoms with Crippen LogP contribution in [0.1, 0.15) is 107 Å². The van der Waals surface area contributed by atoms with E-state index in [1.807, 2.05) is 13.8 Å². The normalized spacial score (nSPS) is 34.8. The predicted octanol–water partition coefficient (Wildman–Crippen LogP) is 8.08. The van der Waals surface area contributed by atoms with Crippen molar-refractivity contribution in [1.82, 2.24) is 0 Å². The maximum Gasteiger partial charge on any atom is -0.0128 e. The lowest BCUT2D eigenvalue weighted by molar-refractivity contribution is 0.0188. The zero-order chi connectivity index (χ0) is 19.4. The number of hydrogen-bond donors (Lipinski definition) is 0. The molecule has 0 bridgehead atoms. The summed E-state index contributed by atoms with van der Waals surface area (Å²) in [5.74, 6) is 2.82. The number of rotatable bonds is 2. The second kappa shape index (κ2) is 6.78. The van der Waals surface area contributed by atoms with Crippen LogP contribution in [-0.2, 0) is 6.42 Å². The maximum absolute atomic E-state index is 4.31. The molecule has 4 aliphatic rings. The molecule has 0 amide bonds. The Morgan fingerprint density at radius 2 is 1.81 bits per heavy atom. The first-order valence-electron chi connectivity index (χ1n) is 11.8. The van der Waals surface area contributed by atoms with E-state index in [1.165, 1.54) is 61.6 Å². The molecule has 0 heteroatoms. The molecule has 148 valence electrons. The molecule has 5 rings (SSSR count). The molecule has 0 radical (unpaired) electrons. The summed E-state index contributed by atoms with van der Waals surface area (Å²) < 4.78 is 0. The molecule has 3 fully saturated rings. The topological polar surface area (TPSA) is 0 Å². The Balaban J connectivity index is 0.000000872. The Bertz CT molecular complexity index is 735. The molecule has 27 heavy (non-hydrogen) atoms. The van der Waals surface area contributed by atoms with Crippen LogP contribution in [-0.4, -0.2) is 0 Å². The van der Waals surface area contributed by atoms with E-state index < -0.39 is 0 Å². The van der Waals surface area contributed by atoms with Crippen molar-refractivity contribution in [3.8, 4) is 0 Å². The van der Waals surface area contributed by atoms with Crippen molar-refractivity contribution in [1.29, 1.82) is 0 Å². The lowest BCUT2D eigenvalue weighted by atomic mass is 9.53. The van der Waals surface area contributed by atoms with Crippen molar-refractivity contribution in [2.45, 2.75) is 98.3 Å². The first-order chi connectivity index (χ1) is 13.0. The van der Waals surface area contributed by atoms with Crippen LogP contribution >= 0.6 is 0 Å². The number of benzene rings is 1. The third-order valence-corrected chi connectivity index (χ3v) is 9.27. The van der Waals surface area contributed by atoms with Crippen LogP contribution in [0.15, 0.2) is 18.7 Å². The second-order valence-corrected chi connectivity index (χ2v) is 10.0. The third-order valence-electron chi connectivity index (χ3n) is 9.27. The van der Waals surface area contributed by atoms with Gasteiger partial charge in [0.25, 0.3) is 0 Å². The highest BCUT2D eigenvalue weighted by Crippen LogP contribution is 2.75. The van der Waals surface area contributed by atoms with Crippen LogP contribution in [0.4, 0.5) is 0 Å². The molecule has 3 saturated carbocycles. The summed E-state index contributed by atoms with van der Waals surface area (Å²) in [4.78, 5) is 0. The van der Waals surface area contributed by atoms with Gasteiger partial charge in [0, 0.05) is 0 Å². The van der Waals surface area contributed by atoms with Gasteiger partial charge < -0.3 is 0 Å². The lowest BCUT2D eigenvalue weighted by Crippen LogP contribution is -2.43. The zero-order valence-electron chi connectivity index (χ0n) is 18.5. The SMILES string of the molecule is C=C(CC)c1cc2c(cc1C)C1CC[C@@]3(C)C(CCC34CC4)C1CC2.CC. The summed E-state index contributed by atoms with van der Waals surface area (Å²) in [6.45, 7) is 15.5. The van der Waals surface area contributed by atoms with Crippen molar-refractivity contribution >= 4 is 5.57 Å². The second-order valence-electron chi connectivity index (χ2n) is 10.0. The summed E-state index contributed by atoms with van der Waals surface area (Å²) in [5.41, 5.74) is 9.03. The monoisotopic (exact) mass is 364 g/mol. The fourth-order valence-electron chi connectivity index (χ4n) is 7.51. The largest absolute Gasteiger partial charge is 0.0952 e. The molecule has 1 spiro atoms. The van der Waals surface area contributed by atoms with Crippen LogP contribution in [0.25, 0.3) is 5.57 Å². The van der Waals surface area contributed by atoms with Gasteiger partial charge in [-0.1, -0.05) is 46.4 Å². The van der Waals surface area contributed by atoms with Gasteiger partial charge in [-0.25, -0.2) is 0 Å². The molecule has 0 aromatic heterocycles. The zero-order valence-corrected chi connectivity index (χ0v) is 18.5. The van der Waals surface area contributed by atoms with Crippen molar-refractivity contribution in [3.63, 3.8) is 0 Å². The van der Waals surface area contributed by atoms with Gasteiger partial charge >= 0.3 is 0 Å². The van der Waals surface area contributed by atoms with Crippen LogP contribution in [0.3, 0.4) is 0 Å². The Morgan fingerprint density at radius 3 is 2.48 bits per heavy atom. The molecule has 1 aromatic carbocycles. The van der Waals surface area contributed by atoms with E-state index in [0.29, 0.717) is 5.41 Å². The Labute approximate surface area is 167 Å². The molecule has 0 nitrogen and oxygen atoms in total. The van der Waals surface area contributed by atoms with Gasteiger partial charge in [0.1, 0.15) is 0 Å². The summed E-state index contributed by atoms with van der Waals surface area (Å²) >= 11 is 0. The van der Waals surface area contributed by atoms with E-state index in [4.69, 9.17) is 0 Å². The number of hydrogen-bond acceptors (Lipinski definition) is 0. The highest BCUT2D eigenvalue weighted by molar-refractivity contribution is 5.67. The van der Waals surface area contributed by atoms with E-state index in [0.717, 1.165) is 29.6 Å². The van der Waals surface area contributed by atoms with Gasteiger partial charge in [0.2, 0.25) is 0 Å². The van der Waals surface area contributed by atoms with E-state index >= 15 is 0 Å². The quantitative estimate of drug-likeness (QED) is 0.497. The average Bonchev–Trinajstić information content (AvgIpc) is 3.42. The summed E-state index contributed by atoms with van der Waals surface area (Å²) in [6, 6.07) is 5.07. The molecule has 0 N–H and O–H groups in total. The van der Waals surface area contributed by atoms with Crippen LogP contribution in [0.2, 0.25) is 0 Å². The summed E-state index contributed by atoms with van der Waals surface area (Å²) in [6.07, 6.45) is 12.9. The maximum atomic E-state index is 4.31. The third kappa shape index (κ3) is 2.69. The van der Waals surface area contributed by atoms with Crippen LogP contribution in [0.5, 0.6) is 0 Å². The molecule has 4 aliphatic carbocycles. The fourth-order valence-corrected chi connectivity index (χ4v) is 7.51. The lowest BCUT2D eigenvalue weighted by Gasteiger charge is -2.51. The van der Waals surface area contributed by atoms with Gasteiger partial charge in [0.15, 0.2) is 0 Å². The standard InChI is InChI=1S/C25H34.C2H6/c1-5-16(2)21-15-18-6-7-20-19(22(18)14-17(21)3)8-10-24(4)23(20)9-11-25(24)12-13-25;1-2/h14-15,19-20,23H,2,5-13H2,1,3-4H3;1-2H3/t19?,20?,23?,24-;/m0./s1. The van der Waals surface area contributed by atoms with Crippen molar-refractivity contribution in [2.24, 2.45) is 22.7 Å². The van der Waals surface area contributed by atoms with E-state index in [1.54, 1.807) is 17.5 Å². The first-order valence-corrected chi connectivity index (χ1v) is 11.8. The van der Waals surface area contributed by atoms with Gasteiger partial charge in [-0.3, -0.25) is 0 Å². The molecule has 0 aliphatic heterocycles. The number of allylic oxidation sites excluding steroid dienone is 1. The van der Waals surface area contributed by atoms with Crippen molar-refractivity contribution in [3.05, 3.63) is 41.0 Å². The van der Waals surface area contributed by atoms with E-state index in [9.17, 15) is 0 Å². The minimum Gasteiger partial charge on any atom is -0.0952 e. The van der Waals surface area contributed by atoms with Gasteiger partial charge in [-0.05, 0) is 121 Å². The Kier molecular flexibility index (Phi) is 4.84. The minimum absolute atomic E-state index is 0.678. The van der Waals surface area contributed by atoms with Crippen LogP contribution in [0, 0.1) is 29.6 Å². The average molecular weight is 365 g/mol. The molecule has 0 heterocycles. The highest BCUT2D eigenvalue weighted by atomic mass is 14.7. The van der Waals surface area contributed by atoms with Crippen molar-refractivity contribution in [2.75, 3.05) is 0 Å². The number of aryl methyl sites for hydroxylation is 2. The van der Waals surface area contributed by atoms with E-state index in [2.05, 4.69) is 39.5 Å². The molecular weight excluding hydrogens is 324 g/mol. The Hall–Kier alpha value is -1.04. The van der Waals surface area contributed by atoms with Gasteiger partial charge in [-0.2, -0.15) is 0 Å². The molecule has 4 atom stereocenters. The van der Waals surface area contributed by atoms with E-state index in [-0.39, 0.29) is 0 Å². The smallest absolute Gasteiger partial charge is 0.0128 e. The fraction of sp³-hybridized carbons (Fsp3) is 0.704. The Morgan fingerprint density at radius 1 is 1.07 bits per heavy atom. The molecular formula is C27H40. The number of fused-ring (bicyclic) bond motifs is 6. The predicted molar refractivity (Wildman–Crippen MR) is 118 cm³/mol. The summed E-state index contributed by atoms with van der Waals surface area (Å²) in [5, 5.41) is 0. The highest BCUT2D eigenvalue weighted by Gasteiger charge is 2.66. The van der Waals surface area contributed by atoms with Crippen LogP contribution < -0.4 is 0 Å².